The highest BCUT2D eigenvalue weighted by atomic mass is 32.1. The van der Waals surface area contributed by atoms with Crippen LogP contribution in [0.3, 0.4) is 0 Å². The highest BCUT2D eigenvalue weighted by molar-refractivity contribution is 7.14. The number of thiophene rings is 1. The van der Waals surface area contributed by atoms with Crippen molar-refractivity contribution >= 4 is 28.2 Å². The van der Waals surface area contributed by atoms with Crippen molar-refractivity contribution in [2.45, 2.75) is 19.0 Å². The normalized spacial score (nSPS) is 19.9. The fourth-order valence-corrected chi connectivity index (χ4v) is 3.24. The second-order valence-electron chi connectivity index (χ2n) is 5.19. The number of carbonyl (C=O) groups is 2. The number of likely N-dealkylation sites (tertiary alicyclic amines) is 1. The lowest BCUT2D eigenvalue weighted by Crippen LogP contribution is -2.44. The number of hydrogen-bond donors (Lipinski definition) is 2. The molecular weight excluding hydrogens is 319 g/mol. The maximum absolute atomic E-state index is 12.7. The molecule has 0 radical (unpaired) electrons. The van der Waals surface area contributed by atoms with Crippen LogP contribution >= 0.6 is 11.3 Å². The minimum Gasteiger partial charge on any atom is -0.366 e. The number of rotatable bonds is 4. The zero-order valence-electron chi connectivity index (χ0n) is 11.7. The largest absolute Gasteiger partial charge is 0.393 e. The number of carbonyl (C=O) groups excluding carboxylic acids is 2. The van der Waals surface area contributed by atoms with Crippen LogP contribution in [0.15, 0.2) is 11.4 Å². The van der Waals surface area contributed by atoms with Gasteiger partial charge < -0.3 is 11.1 Å². The Labute approximate surface area is 129 Å². The van der Waals surface area contributed by atoms with Crippen LogP contribution < -0.4 is 11.1 Å². The summed E-state index contributed by atoms with van der Waals surface area (Å²) in [6.07, 6.45) is -3.73. The van der Waals surface area contributed by atoms with Gasteiger partial charge in [0.2, 0.25) is 5.91 Å². The monoisotopic (exact) mass is 335 g/mol. The molecule has 2 rings (SSSR count). The van der Waals surface area contributed by atoms with Crippen LogP contribution in [0, 0.1) is 5.92 Å². The number of amides is 2. The van der Waals surface area contributed by atoms with Gasteiger partial charge >= 0.3 is 6.18 Å². The molecule has 5 nitrogen and oxygen atoms in total. The van der Waals surface area contributed by atoms with E-state index in [-0.39, 0.29) is 25.1 Å². The molecular formula is C13H16F3N3O2S. The van der Waals surface area contributed by atoms with E-state index in [1.54, 1.807) is 5.38 Å². The topological polar surface area (TPSA) is 75.4 Å². The molecule has 1 aromatic heterocycles. The predicted molar refractivity (Wildman–Crippen MR) is 76.7 cm³/mol. The van der Waals surface area contributed by atoms with Gasteiger partial charge in [0.15, 0.2) is 0 Å². The van der Waals surface area contributed by atoms with E-state index in [0.29, 0.717) is 18.0 Å². The van der Waals surface area contributed by atoms with Crippen molar-refractivity contribution in [3.63, 3.8) is 0 Å². The molecule has 0 saturated carbocycles. The highest BCUT2D eigenvalue weighted by Gasteiger charge is 2.41. The second-order valence-corrected chi connectivity index (χ2v) is 6.11. The molecule has 1 aliphatic rings. The van der Waals surface area contributed by atoms with Crippen LogP contribution in [0.25, 0.3) is 0 Å². The summed E-state index contributed by atoms with van der Waals surface area (Å²) in [5.74, 6) is -2.50. The third-order valence-electron chi connectivity index (χ3n) is 3.52. The number of primary amides is 1. The molecule has 2 amide bonds. The fraction of sp³-hybridized carbons (Fsp3) is 0.538. The second kappa shape index (κ2) is 6.66. The Kier molecular flexibility index (Phi) is 5.07. The number of halogens is 3. The van der Waals surface area contributed by atoms with Gasteiger partial charge in [0.1, 0.15) is 5.00 Å². The number of nitrogens with one attached hydrogen (secondary N) is 1. The molecule has 122 valence electrons. The van der Waals surface area contributed by atoms with Gasteiger partial charge in [0.05, 0.1) is 18.0 Å². The first-order valence-corrected chi connectivity index (χ1v) is 7.61. The molecule has 0 unspecified atom stereocenters. The third kappa shape index (κ3) is 4.20. The zero-order valence-corrected chi connectivity index (χ0v) is 12.5. The summed E-state index contributed by atoms with van der Waals surface area (Å²) in [6, 6.07) is 1.49. The Morgan fingerprint density at radius 2 is 2.18 bits per heavy atom. The Hall–Kier alpha value is -1.61. The van der Waals surface area contributed by atoms with Crippen molar-refractivity contribution in [1.29, 1.82) is 0 Å². The lowest BCUT2D eigenvalue weighted by atomic mass is 9.97. The lowest BCUT2D eigenvalue weighted by Gasteiger charge is -2.33. The number of nitrogens with two attached hydrogens (primary N) is 1. The minimum atomic E-state index is -4.23. The lowest BCUT2D eigenvalue weighted by molar-refractivity contribution is -0.186. The average Bonchev–Trinajstić information content (AvgIpc) is 2.86. The molecule has 1 aliphatic heterocycles. The summed E-state index contributed by atoms with van der Waals surface area (Å²) in [4.78, 5) is 24.6. The van der Waals surface area contributed by atoms with Crippen molar-refractivity contribution in [3.8, 4) is 0 Å². The number of anilines is 1. The SMILES string of the molecule is NC(=O)c1ccsc1NC(=O)CN1CCC[C@H](C(F)(F)F)C1. The van der Waals surface area contributed by atoms with E-state index in [4.69, 9.17) is 5.73 Å². The smallest absolute Gasteiger partial charge is 0.366 e. The van der Waals surface area contributed by atoms with Gasteiger partial charge in [-0.15, -0.1) is 11.3 Å². The molecule has 0 aliphatic carbocycles. The van der Waals surface area contributed by atoms with Crippen LogP contribution in [0.1, 0.15) is 23.2 Å². The number of hydrogen-bond acceptors (Lipinski definition) is 4. The molecule has 0 spiro atoms. The van der Waals surface area contributed by atoms with Gasteiger partial charge in [-0.2, -0.15) is 13.2 Å². The molecule has 9 heteroatoms. The summed E-state index contributed by atoms with van der Waals surface area (Å²) >= 11 is 1.14. The Morgan fingerprint density at radius 3 is 2.82 bits per heavy atom. The fourth-order valence-electron chi connectivity index (χ4n) is 2.44. The van der Waals surface area contributed by atoms with Crippen molar-refractivity contribution in [3.05, 3.63) is 17.0 Å². The Morgan fingerprint density at radius 1 is 1.45 bits per heavy atom. The summed E-state index contributed by atoms with van der Waals surface area (Å²) < 4.78 is 38.2. The minimum absolute atomic E-state index is 0.0956. The molecule has 0 bridgehead atoms. The van der Waals surface area contributed by atoms with Crippen LogP contribution in [0.4, 0.5) is 18.2 Å². The van der Waals surface area contributed by atoms with Crippen molar-refractivity contribution in [1.82, 2.24) is 4.90 Å². The highest BCUT2D eigenvalue weighted by Crippen LogP contribution is 2.33. The number of alkyl halides is 3. The maximum atomic E-state index is 12.7. The Bertz CT molecular complexity index is 559. The van der Waals surface area contributed by atoms with Gasteiger partial charge in [-0.05, 0) is 30.8 Å². The molecule has 22 heavy (non-hydrogen) atoms. The van der Waals surface area contributed by atoms with E-state index in [0.717, 1.165) is 11.3 Å². The average molecular weight is 335 g/mol. The van der Waals surface area contributed by atoms with Gasteiger partial charge in [-0.1, -0.05) is 0 Å². The molecule has 2 heterocycles. The van der Waals surface area contributed by atoms with Crippen LogP contribution in [0.2, 0.25) is 0 Å². The molecule has 1 fully saturated rings. The summed E-state index contributed by atoms with van der Waals surface area (Å²) in [5, 5.41) is 4.46. The van der Waals surface area contributed by atoms with E-state index in [2.05, 4.69) is 5.32 Å². The maximum Gasteiger partial charge on any atom is 0.393 e. The zero-order chi connectivity index (χ0) is 16.3. The summed E-state index contributed by atoms with van der Waals surface area (Å²) in [7, 11) is 0. The van der Waals surface area contributed by atoms with Crippen LogP contribution in [0.5, 0.6) is 0 Å². The van der Waals surface area contributed by atoms with Gasteiger partial charge in [0.25, 0.3) is 5.91 Å². The van der Waals surface area contributed by atoms with Crippen molar-refractivity contribution in [2.75, 3.05) is 25.0 Å². The Balaban J connectivity index is 1.92. The first-order chi connectivity index (χ1) is 10.3. The van der Waals surface area contributed by atoms with E-state index in [1.807, 2.05) is 0 Å². The van der Waals surface area contributed by atoms with E-state index < -0.39 is 23.9 Å². The third-order valence-corrected chi connectivity index (χ3v) is 4.35. The van der Waals surface area contributed by atoms with E-state index in [9.17, 15) is 22.8 Å². The molecule has 3 N–H and O–H groups in total. The van der Waals surface area contributed by atoms with E-state index in [1.165, 1.54) is 11.0 Å². The van der Waals surface area contributed by atoms with Gasteiger partial charge in [-0.3, -0.25) is 14.5 Å². The van der Waals surface area contributed by atoms with Gasteiger partial charge in [-0.25, -0.2) is 0 Å². The van der Waals surface area contributed by atoms with Crippen molar-refractivity contribution < 1.29 is 22.8 Å². The molecule has 1 aromatic rings. The van der Waals surface area contributed by atoms with Gasteiger partial charge in [0, 0.05) is 6.54 Å². The van der Waals surface area contributed by atoms with Crippen molar-refractivity contribution in [2.24, 2.45) is 11.7 Å². The quantitative estimate of drug-likeness (QED) is 0.884. The molecule has 1 saturated heterocycles. The predicted octanol–water partition coefficient (Wildman–Crippen LogP) is 2.06. The summed E-state index contributed by atoms with van der Waals surface area (Å²) in [6.45, 7) is 0.139. The van der Waals surface area contributed by atoms with Crippen LogP contribution in [-0.2, 0) is 4.79 Å². The molecule has 1 atom stereocenters. The number of nitrogens with zero attached hydrogens (tertiary/aromatic N) is 1. The standard InChI is InChI=1S/C13H16F3N3O2S/c14-13(15,16)8-2-1-4-19(6-8)7-10(20)18-12-9(11(17)21)3-5-22-12/h3,5,8H,1-2,4,6-7H2,(H2,17,21)(H,18,20)/t8-/m0/s1. The van der Waals surface area contributed by atoms with E-state index >= 15 is 0 Å². The first-order valence-electron chi connectivity index (χ1n) is 6.73. The number of piperidine rings is 1. The summed E-state index contributed by atoms with van der Waals surface area (Å²) in [5.41, 5.74) is 5.37. The first kappa shape index (κ1) is 16.8. The van der Waals surface area contributed by atoms with Crippen LogP contribution in [-0.4, -0.2) is 42.5 Å². The molecule has 0 aromatic carbocycles.